The molecule has 0 amide bonds. The standard InChI is InChI=1S/C9H16N2O3/c12-8(13)9(1-6-14-7-9)11-4-2-10-3-5-11/h10H,1-7H2,(H,12,13). The third kappa shape index (κ3) is 1.51. The number of carboxylic acids is 1. The number of ether oxygens (including phenoxy) is 1. The van der Waals surface area contributed by atoms with Gasteiger partial charge < -0.3 is 15.2 Å². The van der Waals surface area contributed by atoms with E-state index in [9.17, 15) is 9.90 Å². The van der Waals surface area contributed by atoms with Gasteiger partial charge in [0.05, 0.1) is 6.61 Å². The summed E-state index contributed by atoms with van der Waals surface area (Å²) in [4.78, 5) is 13.3. The fourth-order valence-corrected chi connectivity index (χ4v) is 2.20. The molecule has 5 nitrogen and oxygen atoms in total. The van der Waals surface area contributed by atoms with Crippen LogP contribution < -0.4 is 5.32 Å². The number of hydrogen-bond donors (Lipinski definition) is 2. The second-order valence-electron chi connectivity index (χ2n) is 3.88. The number of aliphatic carboxylic acids is 1. The van der Waals surface area contributed by atoms with Crippen LogP contribution in [0.5, 0.6) is 0 Å². The molecule has 2 fully saturated rings. The minimum atomic E-state index is -0.748. The van der Waals surface area contributed by atoms with E-state index in [4.69, 9.17) is 4.74 Å². The van der Waals surface area contributed by atoms with E-state index in [1.165, 1.54) is 0 Å². The summed E-state index contributed by atoms with van der Waals surface area (Å²) in [7, 11) is 0. The first-order valence-electron chi connectivity index (χ1n) is 5.03. The number of rotatable bonds is 2. The maximum atomic E-state index is 11.3. The number of hydrogen-bond acceptors (Lipinski definition) is 4. The molecule has 2 saturated heterocycles. The molecular weight excluding hydrogens is 184 g/mol. The molecule has 14 heavy (non-hydrogen) atoms. The fourth-order valence-electron chi connectivity index (χ4n) is 2.20. The molecule has 2 N–H and O–H groups in total. The van der Waals surface area contributed by atoms with Crippen LogP contribution in [0, 0.1) is 0 Å². The predicted molar refractivity (Wildman–Crippen MR) is 50.2 cm³/mol. The van der Waals surface area contributed by atoms with E-state index in [0.29, 0.717) is 19.6 Å². The number of nitrogens with one attached hydrogen (secondary N) is 1. The van der Waals surface area contributed by atoms with Gasteiger partial charge >= 0.3 is 5.97 Å². The molecule has 0 saturated carbocycles. The first kappa shape index (κ1) is 9.89. The minimum Gasteiger partial charge on any atom is -0.480 e. The van der Waals surface area contributed by atoms with Gasteiger partial charge in [-0.25, -0.2) is 0 Å². The number of carboxylic acid groups (broad SMARTS) is 1. The highest BCUT2D eigenvalue weighted by Crippen LogP contribution is 2.26. The highest BCUT2D eigenvalue weighted by Gasteiger charge is 2.47. The Bertz CT molecular complexity index is 220. The van der Waals surface area contributed by atoms with Crippen LogP contribution in [0.4, 0.5) is 0 Å². The first-order chi connectivity index (χ1) is 6.76. The topological polar surface area (TPSA) is 61.8 Å². The maximum Gasteiger partial charge on any atom is 0.326 e. The van der Waals surface area contributed by atoms with E-state index in [-0.39, 0.29) is 0 Å². The normalized spacial score (nSPS) is 34.6. The van der Waals surface area contributed by atoms with Crippen LogP contribution in [-0.2, 0) is 9.53 Å². The Morgan fingerprint density at radius 2 is 2.14 bits per heavy atom. The molecule has 0 radical (unpaired) electrons. The average molecular weight is 200 g/mol. The lowest BCUT2D eigenvalue weighted by atomic mass is 9.95. The number of carbonyl (C=O) groups is 1. The highest BCUT2D eigenvalue weighted by atomic mass is 16.5. The third-order valence-electron chi connectivity index (χ3n) is 3.12. The minimum absolute atomic E-state index is 0.336. The summed E-state index contributed by atoms with van der Waals surface area (Å²) >= 11 is 0. The molecule has 2 rings (SSSR count). The molecule has 0 aromatic rings. The van der Waals surface area contributed by atoms with Crippen molar-refractivity contribution in [2.45, 2.75) is 12.0 Å². The maximum absolute atomic E-state index is 11.3. The van der Waals surface area contributed by atoms with E-state index < -0.39 is 11.5 Å². The number of nitrogens with zero attached hydrogens (tertiary/aromatic N) is 1. The van der Waals surface area contributed by atoms with Gasteiger partial charge in [0.25, 0.3) is 0 Å². The van der Waals surface area contributed by atoms with Gasteiger partial charge in [0.15, 0.2) is 0 Å². The molecular formula is C9H16N2O3. The van der Waals surface area contributed by atoms with Crippen molar-refractivity contribution in [3.05, 3.63) is 0 Å². The van der Waals surface area contributed by atoms with E-state index in [0.717, 1.165) is 26.2 Å². The Hall–Kier alpha value is -0.650. The lowest BCUT2D eigenvalue weighted by Crippen LogP contribution is -2.60. The summed E-state index contributed by atoms with van der Waals surface area (Å²) in [6.07, 6.45) is 0.613. The van der Waals surface area contributed by atoms with Gasteiger partial charge in [0.1, 0.15) is 5.54 Å². The lowest BCUT2D eigenvalue weighted by molar-refractivity contribution is -0.152. The average Bonchev–Trinajstić information content (AvgIpc) is 2.69. The quantitative estimate of drug-likeness (QED) is 0.607. The lowest BCUT2D eigenvalue weighted by Gasteiger charge is -2.39. The van der Waals surface area contributed by atoms with Crippen LogP contribution in [0.3, 0.4) is 0 Å². The van der Waals surface area contributed by atoms with Crippen molar-refractivity contribution in [1.82, 2.24) is 10.2 Å². The summed E-state index contributed by atoms with van der Waals surface area (Å²) < 4.78 is 5.23. The van der Waals surface area contributed by atoms with Crippen LogP contribution in [0.1, 0.15) is 6.42 Å². The van der Waals surface area contributed by atoms with E-state index in [2.05, 4.69) is 5.32 Å². The van der Waals surface area contributed by atoms with Gasteiger partial charge in [-0.3, -0.25) is 9.69 Å². The van der Waals surface area contributed by atoms with Crippen molar-refractivity contribution in [2.24, 2.45) is 0 Å². The predicted octanol–water partition coefficient (Wildman–Crippen LogP) is -0.865. The SMILES string of the molecule is O=C(O)C1(N2CCNCC2)CCOC1. The van der Waals surface area contributed by atoms with Crippen molar-refractivity contribution in [3.63, 3.8) is 0 Å². The zero-order valence-electron chi connectivity index (χ0n) is 8.16. The van der Waals surface area contributed by atoms with Gasteiger partial charge in [0, 0.05) is 39.2 Å². The largest absolute Gasteiger partial charge is 0.480 e. The summed E-state index contributed by atoms with van der Waals surface area (Å²) in [5.74, 6) is -0.739. The summed E-state index contributed by atoms with van der Waals surface area (Å²) in [5, 5.41) is 12.5. The highest BCUT2D eigenvalue weighted by molar-refractivity contribution is 5.79. The van der Waals surface area contributed by atoms with Gasteiger partial charge in [0.2, 0.25) is 0 Å². The van der Waals surface area contributed by atoms with E-state index in [1.807, 2.05) is 4.90 Å². The van der Waals surface area contributed by atoms with Crippen LogP contribution in [-0.4, -0.2) is 60.9 Å². The van der Waals surface area contributed by atoms with Crippen molar-refractivity contribution in [1.29, 1.82) is 0 Å². The molecule has 1 unspecified atom stereocenters. The van der Waals surface area contributed by atoms with Gasteiger partial charge in [-0.05, 0) is 0 Å². The molecule has 0 aliphatic carbocycles. The second-order valence-corrected chi connectivity index (χ2v) is 3.88. The monoisotopic (exact) mass is 200 g/mol. The summed E-state index contributed by atoms with van der Waals surface area (Å²) in [5.41, 5.74) is -0.748. The first-order valence-corrected chi connectivity index (χ1v) is 5.03. The molecule has 0 spiro atoms. The molecule has 5 heteroatoms. The Kier molecular flexibility index (Phi) is 2.71. The van der Waals surface area contributed by atoms with Gasteiger partial charge in [-0.15, -0.1) is 0 Å². The molecule has 2 aliphatic heterocycles. The zero-order valence-corrected chi connectivity index (χ0v) is 8.16. The van der Waals surface area contributed by atoms with Crippen LogP contribution in [0.15, 0.2) is 0 Å². The molecule has 0 bridgehead atoms. The van der Waals surface area contributed by atoms with Crippen molar-refractivity contribution < 1.29 is 14.6 Å². The van der Waals surface area contributed by atoms with Gasteiger partial charge in [-0.1, -0.05) is 0 Å². The Labute approximate surface area is 83.0 Å². The molecule has 0 aromatic carbocycles. The zero-order chi connectivity index (χ0) is 10.0. The van der Waals surface area contributed by atoms with Gasteiger partial charge in [-0.2, -0.15) is 0 Å². The molecule has 0 aromatic heterocycles. The summed E-state index contributed by atoms with van der Waals surface area (Å²) in [6.45, 7) is 4.24. The fraction of sp³-hybridized carbons (Fsp3) is 0.889. The van der Waals surface area contributed by atoms with Crippen LogP contribution in [0.2, 0.25) is 0 Å². The number of piperazine rings is 1. The summed E-state index contributed by atoms with van der Waals surface area (Å²) in [6, 6.07) is 0. The Morgan fingerprint density at radius 1 is 1.43 bits per heavy atom. The Balaban J connectivity index is 2.12. The van der Waals surface area contributed by atoms with Crippen molar-refractivity contribution in [2.75, 3.05) is 39.4 Å². The molecule has 80 valence electrons. The molecule has 2 aliphatic rings. The van der Waals surface area contributed by atoms with Crippen molar-refractivity contribution >= 4 is 5.97 Å². The second kappa shape index (κ2) is 3.84. The van der Waals surface area contributed by atoms with E-state index in [1.54, 1.807) is 0 Å². The van der Waals surface area contributed by atoms with Crippen LogP contribution >= 0.6 is 0 Å². The van der Waals surface area contributed by atoms with E-state index >= 15 is 0 Å². The molecule has 2 heterocycles. The Morgan fingerprint density at radius 3 is 2.64 bits per heavy atom. The van der Waals surface area contributed by atoms with Crippen LogP contribution in [0.25, 0.3) is 0 Å². The van der Waals surface area contributed by atoms with Crippen molar-refractivity contribution in [3.8, 4) is 0 Å². The smallest absolute Gasteiger partial charge is 0.326 e. The third-order valence-corrected chi connectivity index (χ3v) is 3.12. The molecule has 1 atom stereocenters.